The first-order chi connectivity index (χ1) is 30.2. The van der Waals surface area contributed by atoms with Gasteiger partial charge in [0.15, 0.2) is 0 Å². The molecule has 210 valence electrons. The molecular formula is C43H26OS. The Morgan fingerprint density at radius 3 is 1.91 bits per heavy atom. The molecule has 1 nitrogen and oxygen atoms in total. The number of fused-ring (bicyclic) bond motifs is 12. The van der Waals surface area contributed by atoms with Crippen LogP contribution >= 0.6 is 11.3 Å². The predicted octanol–water partition coefficient (Wildman–Crippen LogP) is 11.9. The maximum atomic E-state index is 10.3. The first kappa shape index (κ1) is 12.9. The van der Waals surface area contributed by atoms with Crippen LogP contribution in [-0.2, 0) is 5.41 Å². The fourth-order valence-corrected chi connectivity index (χ4v) is 7.73. The van der Waals surface area contributed by atoms with Gasteiger partial charge in [0.1, 0.15) is 11.5 Å². The fourth-order valence-electron chi connectivity index (χ4n) is 6.60. The summed E-state index contributed by atoms with van der Waals surface area (Å²) in [7, 11) is 0. The Bertz CT molecular complexity index is 3470. The minimum absolute atomic E-state index is 0.161. The lowest BCUT2D eigenvalue weighted by Gasteiger charge is -2.39. The van der Waals surface area contributed by atoms with Crippen molar-refractivity contribution in [3.8, 4) is 44.9 Å². The third kappa shape index (κ3) is 3.32. The summed E-state index contributed by atoms with van der Waals surface area (Å²) in [5, 5.41) is 1.33. The molecule has 8 aromatic rings. The molecule has 2 heteroatoms. The van der Waals surface area contributed by atoms with Crippen LogP contribution in [-0.4, -0.2) is 0 Å². The van der Waals surface area contributed by atoms with Gasteiger partial charge in [-0.1, -0.05) is 127 Å². The molecule has 2 heterocycles. The zero-order valence-corrected chi connectivity index (χ0v) is 23.7. The van der Waals surface area contributed by atoms with Crippen LogP contribution in [0.4, 0.5) is 0 Å². The summed E-state index contributed by atoms with van der Waals surface area (Å²) in [4.78, 5) is 0. The summed E-state index contributed by atoms with van der Waals surface area (Å²) in [6.07, 6.45) is 0. The summed E-state index contributed by atoms with van der Waals surface area (Å²) >= 11 is 1.43. The van der Waals surface area contributed by atoms with Crippen molar-refractivity contribution in [1.29, 1.82) is 0 Å². The van der Waals surface area contributed by atoms with Crippen molar-refractivity contribution in [2.75, 3.05) is 0 Å². The summed E-state index contributed by atoms with van der Waals surface area (Å²) < 4.78 is 182. The van der Waals surface area contributed by atoms with Crippen LogP contribution in [0.2, 0.25) is 0 Å². The van der Waals surface area contributed by atoms with E-state index in [-0.39, 0.29) is 11.1 Å². The van der Waals surface area contributed by atoms with Gasteiger partial charge in [0.25, 0.3) is 0 Å². The van der Waals surface area contributed by atoms with E-state index in [0.717, 1.165) is 14.8 Å². The molecule has 0 radical (unpaired) electrons. The van der Waals surface area contributed by atoms with E-state index >= 15 is 0 Å². The third-order valence-electron chi connectivity index (χ3n) is 8.37. The Hall–Kier alpha value is -5.44. The molecule has 45 heavy (non-hydrogen) atoms. The molecule has 1 aliphatic carbocycles. The van der Waals surface area contributed by atoms with E-state index in [9.17, 15) is 13.7 Å². The van der Waals surface area contributed by atoms with E-state index in [0.29, 0.717) is 5.39 Å². The highest BCUT2D eigenvalue weighted by Gasteiger charge is 2.51. The molecule has 0 fully saturated rings. The first-order valence-electron chi connectivity index (χ1n) is 23.4. The molecule has 1 aromatic heterocycles. The Balaban J connectivity index is 1.49. The smallest absolute Gasteiger partial charge is 0.132 e. The zero-order chi connectivity index (χ0) is 46.1. The lowest BCUT2D eigenvalue weighted by atomic mass is 9.65. The molecule has 0 amide bonds. The highest BCUT2D eigenvalue weighted by atomic mass is 32.1. The molecule has 0 unspecified atom stereocenters. The van der Waals surface area contributed by atoms with E-state index in [4.69, 9.17) is 17.1 Å². The summed E-state index contributed by atoms with van der Waals surface area (Å²) in [5.41, 5.74) is -6.89. The minimum Gasteiger partial charge on any atom is -0.457 e. The van der Waals surface area contributed by atoms with Crippen LogP contribution in [0.15, 0.2) is 157 Å². The van der Waals surface area contributed by atoms with E-state index in [2.05, 4.69) is 0 Å². The van der Waals surface area contributed by atoms with Crippen LogP contribution < -0.4 is 4.74 Å². The summed E-state index contributed by atoms with van der Waals surface area (Å²) in [6, 6.07) is -2.75. The van der Waals surface area contributed by atoms with Gasteiger partial charge in [0, 0.05) is 31.3 Å². The molecule has 7 aromatic carbocycles. The molecular weight excluding hydrogens is 565 g/mol. The van der Waals surface area contributed by atoms with Crippen LogP contribution in [0.3, 0.4) is 0 Å². The van der Waals surface area contributed by atoms with Gasteiger partial charge in [-0.05, 0) is 74.8 Å². The van der Waals surface area contributed by atoms with Gasteiger partial charge in [-0.2, -0.15) is 0 Å². The maximum Gasteiger partial charge on any atom is 0.132 e. The Morgan fingerprint density at radius 2 is 1.11 bits per heavy atom. The van der Waals surface area contributed by atoms with Crippen molar-refractivity contribution >= 4 is 31.5 Å². The van der Waals surface area contributed by atoms with Crippen LogP contribution in [0.25, 0.3) is 53.6 Å². The molecule has 0 bridgehead atoms. The Kier molecular flexibility index (Phi) is 2.66. The lowest BCUT2D eigenvalue weighted by molar-refractivity contribution is 0.436. The van der Waals surface area contributed by atoms with Gasteiger partial charge in [-0.15, -0.1) is 11.3 Å². The van der Waals surface area contributed by atoms with Crippen LogP contribution in [0, 0.1) is 0 Å². The normalized spacial score (nSPS) is 19.6. The summed E-state index contributed by atoms with van der Waals surface area (Å²) in [6.45, 7) is 0. The zero-order valence-electron chi connectivity index (χ0n) is 41.9. The number of rotatable bonds is 2. The first-order valence-corrected chi connectivity index (χ1v) is 14.7. The Morgan fingerprint density at radius 1 is 0.489 bits per heavy atom. The average Bonchev–Trinajstić information content (AvgIpc) is 3.82. The SMILES string of the molecule is [2H]c1c([2H])c([2H])c2c(c1[2H])Oc1c([2H])c([2H])c(-c3c([2H])c([2H])c([2H])c([2H])c3-c3cccc4sc5ccccc5c34)c([2H])c1C21c2c([2H])c([2H])c([2H])c([2H])c2-c2c([2H])c([2H])c([2H])c([2H])c21. The number of para-hydroxylation sites is 1. The van der Waals surface area contributed by atoms with E-state index in [1.54, 1.807) is 18.2 Å². The van der Waals surface area contributed by atoms with Crippen LogP contribution in [0.5, 0.6) is 11.5 Å². The van der Waals surface area contributed by atoms with Crippen molar-refractivity contribution < 1.29 is 30.8 Å². The quantitative estimate of drug-likeness (QED) is 0.189. The van der Waals surface area contributed by atoms with E-state index < -0.39 is 176 Å². The van der Waals surface area contributed by atoms with Crippen LogP contribution in [0.1, 0.15) is 48.3 Å². The van der Waals surface area contributed by atoms with Crippen molar-refractivity contribution in [2.45, 2.75) is 5.41 Å². The topological polar surface area (TPSA) is 9.23 Å². The number of ether oxygens (including phenoxy) is 1. The minimum atomic E-state index is -2.75. The monoisotopic (exact) mass is 609 g/mol. The van der Waals surface area contributed by atoms with Gasteiger partial charge in [-0.3, -0.25) is 0 Å². The number of hydrogen-bond donors (Lipinski definition) is 0. The molecule has 0 saturated heterocycles. The van der Waals surface area contributed by atoms with Gasteiger partial charge >= 0.3 is 0 Å². The van der Waals surface area contributed by atoms with Gasteiger partial charge < -0.3 is 4.74 Å². The fraction of sp³-hybridized carbons (Fsp3) is 0.0233. The van der Waals surface area contributed by atoms with Gasteiger partial charge in [-0.25, -0.2) is 0 Å². The molecule has 1 spiro atoms. The lowest BCUT2D eigenvalue weighted by Crippen LogP contribution is -2.32. The second-order valence-corrected chi connectivity index (χ2v) is 11.6. The number of benzene rings is 7. The predicted molar refractivity (Wildman–Crippen MR) is 188 cm³/mol. The van der Waals surface area contributed by atoms with Crippen molar-refractivity contribution in [3.63, 3.8) is 0 Å². The molecule has 2 aliphatic rings. The number of thiophene rings is 1. The highest BCUT2D eigenvalue weighted by molar-refractivity contribution is 7.25. The summed E-state index contributed by atoms with van der Waals surface area (Å²) in [5.74, 6) is -1.42. The van der Waals surface area contributed by atoms with Crippen molar-refractivity contribution in [3.05, 3.63) is 180 Å². The standard InChI is InChI=1S/C43H26OS/c1-2-13-29(32-17-11-23-41-42(32)33-16-5-10-22-40(33)45-41)28(12-1)27-24-25-39-37(26-27)43(36-20-8-9-21-38(36)44-39)34-18-6-3-14-30(34)31-15-4-7-19-35(31)43/h1-26H/i1D,2D,3D,4D,6D,7D,8D,9D,12D,13D,14D,15D,18D,19D,20D,21D,24D,25D,26D. The third-order valence-corrected chi connectivity index (χ3v) is 9.51. The highest BCUT2D eigenvalue weighted by Crippen LogP contribution is 2.62. The molecule has 0 atom stereocenters. The largest absolute Gasteiger partial charge is 0.457 e. The second-order valence-electron chi connectivity index (χ2n) is 10.5. The number of hydrogen-bond acceptors (Lipinski definition) is 2. The van der Waals surface area contributed by atoms with Gasteiger partial charge in [0.05, 0.1) is 31.5 Å². The Labute approximate surface area is 292 Å². The van der Waals surface area contributed by atoms with Crippen molar-refractivity contribution in [1.82, 2.24) is 0 Å². The maximum absolute atomic E-state index is 10.3. The molecule has 0 N–H and O–H groups in total. The van der Waals surface area contributed by atoms with E-state index in [1.807, 2.05) is 24.3 Å². The average molecular weight is 610 g/mol. The molecule has 10 rings (SSSR count). The second kappa shape index (κ2) is 9.28. The van der Waals surface area contributed by atoms with Gasteiger partial charge in [0.2, 0.25) is 0 Å². The van der Waals surface area contributed by atoms with Crippen molar-refractivity contribution in [2.24, 2.45) is 0 Å². The molecule has 1 aliphatic heterocycles. The molecule has 0 saturated carbocycles. The van der Waals surface area contributed by atoms with E-state index in [1.165, 1.54) is 11.3 Å².